The molecule has 0 saturated carbocycles. The van der Waals surface area contributed by atoms with Crippen molar-refractivity contribution in [3.63, 3.8) is 0 Å². The molecule has 0 spiro atoms. The maximum atomic E-state index is 4.63. The molecule has 0 aliphatic rings. The monoisotopic (exact) mass is 2050 g/mol. The first-order chi connectivity index (χ1) is 69.6. The van der Waals surface area contributed by atoms with Gasteiger partial charge in [-0.2, -0.15) is 0 Å². The second-order valence-electron chi connectivity index (χ2n) is 36.8. The lowest BCUT2D eigenvalue weighted by Crippen LogP contribution is -1.92. The summed E-state index contributed by atoms with van der Waals surface area (Å²) in [5.41, 5.74) is 38.2. The minimum atomic E-state index is 0.999. The highest BCUT2D eigenvalue weighted by atomic mass is 79.9. The van der Waals surface area contributed by atoms with E-state index in [1.54, 1.807) is 0 Å². The maximum Gasteiger partial charge on any atom is 0.0702 e. The SMILES string of the molecule is Brc1ccc(-c2cccc(-c3ccc4c(c3)c3cccc5c6ccccc6n4c53)c2)cc1.Brc1cccc(-c2ccc3c(c2)c2cc(-c4ccccn4)cc4c5ccccc5n3c42)c1.Brc1ccccc1-c1ccc2c3cccc4c5cc(-c6ccc7c(c6)c6ccccc6n7-c6ccccc6)ccc5n(c2c1)c43.Brc1ccccc1-c1ccccc1-c1ccc2c(c1)c1cccc3c4ccccc4n2c31. The highest BCUT2D eigenvalue weighted by molar-refractivity contribution is 9.11. The third-order valence-electron chi connectivity index (χ3n) is 29.2. The van der Waals surface area contributed by atoms with Gasteiger partial charge in [0.05, 0.1) is 82.9 Å². The van der Waals surface area contributed by atoms with Crippen molar-refractivity contribution in [1.82, 2.24) is 27.2 Å². The molecule has 0 fully saturated rings. The molecule has 6 nitrogen and oxygen atoms in total. The largest absolute Gasteiger partial charge is 0.309 e. The van der Waals surface area contributed by atoms with Gasteiger partial charge < -0.3 is 22.2 Å². The third kappa shape index (κ3) is 13.3. The number of hydrogen-bond donors (Lipinski definition) is 0. The summed E-state index contributed by atoms with van der Waals surface area (Å²) in [4.78, 5) is 4.63. The van der Waals surface area contributed by atoms with Crippen LogP contribution >= 0.6 is 63.7 Å². The lowest BCUT2D eigenvalue weighted by Gasteiger charge is -2.12. The van der Waals surface area contributed by atoms with Crippen molar-refractivity contribution in [2.45, 2.75) is 0 Å². The molecule has 660 valence electrons. The van der Waals surface area contributed by atoms with Gasteiger partial charge in [-0.25, -0.2) is 0 Å². The number of aromatic nitrogens is 6. The molecule has 0 unspecified atom stereocenters. The normalized spacial score (nSPS) is 12.0. The second-order valence-corrected chi connectivity index (χ2v) is 40.4. The number of fused-ring (bicyclic) bond motifs is 27. The molecule has 31 rings (SSSR count). The molecule has 31 aromatic rings. The van der Waals surface area contributed by atoms with E-state index in [2.05, 4.69) is 552 Å². The average Bonchev–Trinajstić information content (AvgIpc) is 1.78. The molecule has 0 radical (unpaired) electrons. The number of benzene rings is 21. The van der Waals surface area contributed by atoms with Gasteiger partial charge in [0.15, 0.2) is 0 Å². The lowest BCUT2D eigenvalue weighted by atomic mass is 9.93. The van der Waals surface area contributed by atoms with Crippen LogP contribution in [0.3, 0.4) is 0 Å². The summed E-state index contributed by atoms with van der Waals surface area (Å²) in [6.45, 7) is 0. The van der Waals surface area contributed by atoms with Crippen molar-refractivity contribution >= 4 is 238 Å². The fraction of sp³-hybridized carbons (Fsp3) is 0. The number of para-hydroxylation sites is 8. The second kappa shape index (κ2) is 33.2. The molecule has 0 aliphatic heterocycles. The van der Waals surface area contributed by atoms with E-state index in [4.69, 9.17) is 0 Å². The third-order valence-corrected chi connectivity index (χ3v) is 31.6. The molecule has 0 saturated heterocycles. The predicted octanol–water partition coefficient (Wildman–Crippen LogP) is 38.2. The van der Waals surface area contributed by atoms with Gasteiger partial charge in [-0.3, -0.25) is 4.98 Å². The van der Waals surface area contributed by atoms with Crippen LogP contribution in [0.5, 0.6) is 0 Å². The molecular weight excluding hydrogens is 1980 g/mol. The number of pyridine rings is 1. The zero-order valence-electron chi connectivity index (χ0n) is 75.7. The molecule has 141 heavy (non-hydrogen) atoms. The van der Waals surface area contributed by atoms with Gasteiger partial charge in [0, 0.05) is 132 Å². The van der Waals surface area contributed by atoms with Crippen LogP contribution in [0.2, 0.25) is 0 Å². The van der Waals surface area contributed by atoms with Crippen LogP contribution in [0.15, 0.2) is 491 Å². The summed E-state index contributed by atoms with van der Waals surface area (Å²) >= 11 is 14.7. The van der Waals surface area contributed by atoms with E-state index < -0.39 is 0 Å². The zero-order chi connectivity index (χ0) is 93.3. The Bertz CT molecular complexity index is 10500. The number of nitrogens with zero attached hydrogens (tertiary/aromatic N) is 6. The standard InChI is InChI=1S/C42H25BrN2.2C30H18BrN.C29H17BrN2/c43-37-15-6-4-11-30(37)28-17-20-32-33-13-8-14-34-36-24-27(19-22-40(36)45(42(33)34)41(32)25-28)26-18-21-39-35(23-26)31-12-5-7-16-38(31)44(39)29-9-2-1-3-10-29;31-27-14-5-3-10-22(27)21-9-2-1-8-20(21)19-16-17-29-26(18-19)25-13-7-12-24-23-11-4-6-15-28(23)32(29)30(24)25;31-23-14-11-19(12-15-23)20-5-3-6-21(17-20)22-13-16-29-27(18-22)26-9-4-8-25-24-7-1-2-10-28(24)32(29)30(25)26;30-21-7-5-6-18(14-21)19-11-12-28-23(15-19)25-17-20(26-9-3-4-13-31-26)16-24-22-8-1-2-10-27(22)32(28)29(24)25/h1-25H;2*1-18H;1-17H. The first kappa shape index (κ1) is 82.9. The Kier molecular flexibility index (Phi) is 19.5. The van der Waals surface area contributed by atoms with Crippen molar-refractivity contribution in [2.75, 3.05) is 0 Å². The predicted molar refractivity (Wildman–Crippen MR) is 611 cm³/mol. The van der Waals surface area contributed by atoms with Crippen molar-refractivity contribution < 1.29 is 0 Å². The smallest absolute Gasteiger partial charge is 0.0702 e. The minimum absolute atomic E-state index is 0.999. The van der Waals surface area contributed by atoms with E-state index in [9.17, 15) is 0 Å². The Morgan fingerprint density at radius 2 is 0.475 bits per heavy atom. The number of halogens is 4. The molecule has 10 aromatic heterocycles. The molecule has 0 amide bonds. The van der Waals surface area contributed by atoms with Crippen molar-refractivity contribution in [2.24, 2.45) is 0 Å². The van der Waals surface area contributed by atoms with Gasteiger partial charge in [-0.15, -0.1) is 0 Å². The molecule has 0 bridgehead atoms. The lowest BCUT2D eigenvalue weighted by molar-refractivity contribution is 1.18. The molecule has 21 aromatic carbocycles. The number of hydrogen-bond acceptors (Lipinski definition) is 1. The highest BCUT2D eigenvalue weighted by Crippen LogP contribution is 2.50. The zero-order valence-corrected chi connectivity index (χ0v) is 82.1. The first-order valence-electron chi connectivity index (χ1n) is 47.6. The van der Waals surface area contributed by atoms with Crippen molar-refractivity contribution in [3.8, 4) is 94.8 Å². The summed E-state index contributed by atoms with van der Waals surface area (Å²) in [5, 5.41) is 23.3. The van der Waals surface area contributed by atoms with Gasteiger partial charge >= 0.3 is 0 Å². The van der Waals surface area contributed by atoms with Gasteiger partial charge in [0.25, 0.3) is 0 Å². The van der Waals surface area contributed by atoms with E-state index in [1.165, 1.54) is 258 Å². The molecule has 0 N–H and O–H groups in total. The van der Waals surface area contributed by atoms with E-state index in [-0.39, 0.29) is 0 Å². The fourth-order valence-corrected chi connectivity index (χ4v) is 24.6. The Morgan fingerprint density at radius 3 is 1.00 bits per heavy atom. The topological polar surface area (TPSA) is 35.5 Å². The first-order valence-corrected chi connectivity index (χ1v) is 50.8. The van der Waals surface area contributed by atoms with Crippen molar-refractivity contribution in [1.29, 1.82) is 0 Å². The summed E-state index contributed by atoms with van der Waals surface area (Å²) < 4.78 is 16.5. The average molecular weight is 2060 g/mol. The summed E-state index contributed by atoms with van der Waals surface area (Å²) in [5.74, 6) is 0. The molecule has 0 aliphatic carbocycles. The van der Waals surface area contributed by atoms with E-state index >= 15 is 0 Å². The van der Waals surface area contributed by atoms with Crippen LogP contribution in [-0.2, 0) is 0 Å². The van der Waals surface area contributed by atoms with Gasteiger partial charge in [0.1, 0.15) is 0 Å². The van der Waals surface area contributed by atoms with E-state index in [1.807, 2.05) is 12.3 Å². The summed E-state index contributed by atoms with van der Waals surface area (Å²) in [6.07, 6.45) is 1.86. The van der Waals surface area contributed by atoms with Crippen LogP contribution in [-0.4, -0.2) is 27.2 Å². The minimum Gasteiger partial charge on any atom is -0.309 e. The van der Waals surface area contributed by atoms with Gasteiger partial charge in [-0.05, 0) is 248 Å². The molecular formula is C131H78Br4N6. The van der Waals surface area contributed by atoms with E-state index in [0.29, 0.717) is 0 Å². The Labute approximate surface area is 843 Å². The fourth-order valence-electron chi connectivity index (χ4n) is 22.9. The Balaban J connectivity index is 0.0000000932. The maximum absolute atomic E-state index is 4.63. The van der Waals surface area contributed by atoms with Crippen LogP contribution in [0, 0.1) is 0 Å². The Hall–Kier alpha value is -16.3. The van der Waals surface area contributed by atoms with Crippen molar-refractivity contribution in [3.05, 3.63) is 491 Å². The van der Waals surface area contributed by atoms with Crippen LogP contribution < -0.4 is 0 Å². The molecule has 10 heterocycles. The number of rotatable bonds is 9. The van der Waals surface area contributed by atoms with E-state index in [0.717, 1.165) is 29.1 Å². The quantitative estimate of drug-likeness (QED) is 0.142. The van der Waals surface area contributed by atoms with Gasteiger partial charge in [-0.1, -0.05) is 361 Å². The van der Waals surface area contributed by atoms with Gasteiger partial charge in [0.2, 0.25) is 0 Å². The van der Waals surface area contributed by atoms with Crippen LogP contribution in [0.4, 0.5) is 0 Å². The van der Waals surface area contributed by atoms with Crippen LogP contribution in [0.1, 0.15) is 0 Å². The highest BCUT2D eigenvalue weighted by Gasteiger charge is 2.26. The summed E-state index contributed by atoms with van der Waals surface area (Å²) in [6, 6.07) is 169. The Morgan fingerprint density at radius 1 is 0.156 bits per heavy atom. The molecule has 0 atom stereocenters. The van der Waals surface area contributed by atoms with Crippen LogP contribution in [0.25, 0.3) is 269 Å². The summed E-state index contributed by atoms with van der Waals surface area (Å²) in [7, 11) is 0. The molecule has 10 heteroatoms.